The standard InChI is InChI=1S/C36H42FNO6/c1-19-12-13-28(42-9)24(15-19)33(39)38-27-16-20(2)29(32(34(40)41)44-35(4,5)6)30(25(27)18-36(38,7)8)23-17-26(37)31-22(21(23)3)11-10-14-43-31/h12-13,15-17,32H,10-11,14,18H2,1-9H3,(H,40,41). The van der Waals surface area contributed by atoms with Crippen LogP contribution in [-0.2, 0) is 22.4 Å². The number of nitrogens with zero attached hydrogens (tertiary/aromatic N) is 1. The fourth-order valence-electron chi connectivity index (χ4n) is 6.72. The quantitative estimate of drug-likeness (QED) is 0.311. The van der Waals surface area contributed by atoms with E-state index in [0.717, 1.165) is 28.7 Å². The van der Waals surface area contributed by atoms with Crippen LogP contribution in [0.5, 0.6) is 11.5 Å². The minimum atomic E-state index is -1.32. The Labute approximate surface area is 258 Å². The molecule has 1 atom stereocenters. The third kappa shape index (κ3) is 5.45. The van der Waals surface area contributed by atoms with Crippen LogP contribution in [0, 0.1) is 26.6 Å². The van der Waals surface area contributed by atoms with Gasteiger partial charge in [-0.25, -0.2) is 9.18 Å². The van der Waals surface area contributed by atoms with Gasteiger partial charge in [0.25, 0.3) is 5.91 Å². The van der Waals surface area contributed by atoms with Crippen molar-refractivity contribution in [3.63, 3.8) is 0 Å². The lowest BCUT2D eigenvalue weighted by Gasteiger charge is -2.33. The highest BCUT2D eigenvalue weighted by Crippen LogP contribution is 2.51. The average molecular weight is 604 g/mol. The number of aryl methyl sites for hydroxylation is 2. The molecule has 0 bridgehead atoms. The van der Waals surface area contributed by atoms with Crippen LogP contribution >= 0.6 is 0 Å². The van der Waals surface area contributed by atoms with E-state index in [4.69, 9.17) is 14.2 Å². The summed E-state index contributed by atoms with van der Waals surface area (Å²) in [5.74, 6) is -1.13. The molecule has 3 aromatic carbocycles. The topological polar surface area (TPSA) is 85.3 Å². The Balaban J connectivity index is 1.85. The molecular weight excluding hydrogens is 561 g/mol. The summed E-state index contributed by atoms with van der Waals surface area (Å²) in [5.41, 5.74) is 5.22. The summed E-state index contributed by atoms with van der Waals surface area (Å²) in [6, 6.07) is 8.83. The van der Waals surface area contributed by atoms with E-state index >= 15 is 4.39 Å². The van der Waals surface area contributed by atoms with Gasteiger partial charge in [0.15, 0.2) is 17.7 Å². The van der Waals surface area contributed by atoms with Crippen molar-refractivity contribution in [2.75, 3.05) is 18.6 Å². The minimum Gasteiger partial charge on any atom is -0.496 e. The molecule has 7 nitrogen and oxygen atoms in total. The smallest absolute Gasteiger partial charge is 0.337 e. The predicted octanol–water partition coefficient (Wildman–Crippen LogP) is 7.67. The van der Waals surface area contributed by atoms with Crippen molar-refractivity contribution in [3.05, 3.63) is 75.1 Å². The van der Waals surface area contributed by atoms with Gasteiger partial charge in [0.1, 0.15) is 5.75 Å². The van der Waals surface area contributed by atoms with Crippen LogP contribution in [0.1, 0.15) is 90.9 Å². The van der Waals surface area contributed by atoms with Crippen molar-refractivity contribution >= 4 is 17.6 Å². The van der Waals surface area contributed by atoms with Crippen molar-refractivity contribution in [3.8, 4) is 22.6 Å². The molecule has 3 aromatic rings. The number of fused-ring (bicyclic) bond motifs is 2. The first kappa shape index (κ1) is 31.5. The van der Waals surface area contributed by atoms with E-state index in [1.165, 1.54) is 13.2 Å². The van der Waals surface area contributed by atoms with E-state index in [0.29, 0.717) is 58.7 Å². The van der Waals surface area contributed by atoms with Crippen LogP contribution in [0.3, 0.4) is 0 Å². The summed E-state index contributed by atoms with van der Waals surface area (Å²) in [7, 11) is 1.54. The van der Waals surface area contributed by atoms with E-state index in [1.54, 1.807) is 11.0 Å². The number of amides is 1. The second kappa shape index (κ2) is 11.2. The molecule has 5 rings (SSSR count). The number of carbonyl (C=O) groups is 2. The van der Waals surface area contributed by atoms with Crippen molar-refractivity contribution in [2.45, 2.75) is 91.9 Å². The van der Waals surface area contributed by atoms with Gasteiger partial charge in [-0.3, -0.25) is 4.79 Å². The van der Waals surface area contributed by atoms with Gasteiger partial charge in [-0.1, -0.05) is 11.6 Å². The molecule has 234 valence electrons. The Morgan fingerprint density at radius 3 is 2.43 bits per heavy atom. The van der Waals surface area contributed by atoms with E-state index in [1.807, 2.05) is 73.6 Å². The zero-order chi connectivity index (χ0) is 32.3. The molecule has 8 heteroatoms. The molecule has 0 fully saturated rings. The largest absolute Gasteiger partial charge is 0.496 e. The number of carboxylic acids is 1. The first-order valence-electron chi connectivity index (χ1n) is 15.1. The lowest BCUT2D eigenvalue weighted by atomic mass is 9.82. The van der Waals surface area contributed by atoms with E-state index in [-0.39, 0.29) is 11.7 Å². The van der Waals surface area contributed by atoms with Gasteiger partial charge < -0.3 is 24.2 Å². The molecule has 0 spiro atoms. The van der Waals surface area contributed by atoms with E-state index in [9.17, 15) is 14.7 Å². The minimum absolute atomic E-state index is 0.227. The van der Waals surface area contributed by atoms with Gasteiger partial charge in [-0.2, -0.15) is 0 Å². The monoisotopic (exact) mass is 603 g/mol. The number of methoxy groups -OCH3 is 1. The summed E-state index contributed by atoms with van der Waals surface area (Å²) < 4.78 is 33.3. The molecule has 1 N–H and O–H groups in total. The fraction of sp³-hybridized carbons (Fsp3) is 0.444. The van der Waals surface area contributed by atoms with E-state index < -0.39 is 29.0 Å². The predicted molar refractivity (Wildman–Crippen MR) is 169 cm³/mol. The maximum absolute atomic E-state index is 15.8. The number of halogens is 1. The first-order valence-corrected chi connectivity index (χ1v) is 15.1. The lowest BCUT2D eigenvalue weighted by molar-refractivity contribution is -0.160. The maximum Gasteiger partial charge on any atom is 0.337 e. The summed E-state index contributed by atoms with van der Waals surface area (Å²) in [5, 5.41) is 10.5. The SMILES string of the molecule is COc1ccc(C)cc1C(=O)N1c2cc(C)c(C(OC(C)(C)C)C(=O)O)c(-c3cc(F)c4c(c3C)CCCO4)c2CC1(C)C. The number of anilines is 1. The van der Waals surface area contributed by atoms with Crippen molar-refractivity contribution in [2.24, 2.45) is 0 Å². The van der Waals surface area contributed by atoms with Gasteiger partial charge in [0, 0.05) is 22.4 Å². The van der Waals surface area contributed by atoms with Gasteiger partial charge >= 0.3 is 5.97 Å². The van der Waals surface area contributed by atoms with Crippen LogP contribution < -0.4 is 14.4 Å². The number of rotatable bonds is 6. The number of hydrogen-bond acceptors (Lipinski definition) is 5. The Kier molecular flexibility index (Phi) is 8.04. The highest BCUT2D eigenvalue weighted by Gasteiger charge is 2.45. The second-order valence-corrected chi connectivity index (χ2v) is 13.6. The molecule has 1 amide bonds. The van der Waals surface area contributed by atoms with Crippen molar-refractivity contribution in [1.82, 2.24) is 0 Å². The number of carboxylic acid groups (broad SMARTS) is 1. The first-order chi connectivity index (χ1) is 20.6. The van der Waals surface area contributed by atoms with Crippen molar-refractivity contribution in [1.29, 1.82) is 0 Å². The number of aliphatic carboxylic acids is 1. The summed E-state index contributed by atoms with van der Waals surface area (Å²) >= 11 is 0. The summed E-state index contributed by atoms with van der Waals surface area (Å²) in [6.07, 6.45) is 0.504. The number of carbonyl (C=O) groups excluding carboxylic acids is 1. The molecule has 0 radical (unpaired) electrons. The Morgan fingerprint density at radius 2 is 1.80 bits per heavy atom. The Bertz CT molecular complexity index is 1670. The van der Waals surface area contributed by atoms with Gasteiger partial charge in [-0.05, 0) is 127 Å². The molecular formula is C36H42FNO6. The fourth-order valence-corrected chi connectivity index (χ4v) is 6.72. The average Bonchev–Trinajstić information content (AvgIpc) is 3.21. The number of ether oxygens (including phenoxy) is 3. The Hall–Kier alpha value is -3.91. The zero-order valence-electron chi connectivity index (χ0n) is 27.1. The van der Waals surface area contributed by atoms with Crippen LogP contribution in [0.4, 0.5) is 10.1 Å². The number of hydrogen-bond donors (Lipinski definition) is 1. The molecule has 1 unspecified atom stereocenters. The zero-order valence-corrected chi connectivity index (χ0v) is 27.1. The number of benzene rings is 3. The second-order valence-electron chi connectivity index (χ2n) is 13.6. The van der Waals surface area contributed by atoms with Crippen LogP contribution in [0.25, 0.3) is 11.1 Å². The molecule has 2 aliphatic rings. The molecule has 0 saturated carbocycles. The third-order valence-electron chi connectivity index (χ3n) is 8.57. The third-order valence-corrected chi connectivity index (χ3v) is 8.57. The highest BCUT2D eigenvalue weighted by molar-refractivity contribution is 6.11. The molecule has 2 heterocycles. The lowest BCUT2D eigenvalue weighted by Crippen LogP contribution is -2.45. The molecule has 0 aliphatic carbocycles. The van der Waals surface area contributed by atoms with Gasteiger partial charge in [0.2, 0.25) is 0 Å². The van der Waals surface area contributed by atoms with Crippen LogP contribution in [0.15, 0.2) is 30.3 Å². The molecule has 44 heavy (non-hydrogen) atoms. The van der Waals surface area contributed by atoms with Crippen LogP contribution in [-0.4, -0.2) is 41.8 Å². The highest BCUT2D eigenvalue weighted by atomic mass is 19.1. The molecule has 0 saturated heterocycles. The summed E-state index contributed by atoms with van der Waals surface area (Å²) in [6.45, 7) is 15.5. The van der Waals surface area contributed by atoms with Gasteiger partial charge in [-0.15, -0.1) is 0 Å². The Morgan fingerprint density at radius 1 is 1.09 bits per heavy atom. The summed E-state index contributed by atoms with van der Waals surface area (Å²) in [4.78, 5) is 29.1. The van der Waals surface area contributed by atoms with E-state index in [2.05, 4.69) is 0 Å². The van der Waals surface area contributed by atoms with Crippen molar-refractivity contribution < 1.29 is 33.3 Å². The maximum atomic E-state index is 15.8. The van der Waals surface area contributed by atoms with Crippen LogP contribution in [0.2, 0.25) is 0 Å². The normalized spacial score (nSPS) is 16.2. The molecule has 2 aliphatic heterocycles. The molecule has 0 aromatic heterocycles. The van der Waals surface area contributed by atoms with Gasteiger partial charge in [0.05, 0.1) is 24.9 Å².